The van der Waals surface area contributed by atoms with Crippen LogP contribution in [0.1, 0.15) is 0 Å². The van der Waals surface area contributed by atoms with Crippen molar-refractivity contribution in [2.75, 3.05) is 0 Å². The fraction of sp³-hybridized carbons (Fsp3) is 0. The Morgan fingerprint density at radius 1 is 1.50 bits per heavy atom. The summed E-state index contributed by atoms with van der Waals surface area (Å²) in [5.41, 5.74) is 4.50. The standard InChI is InChI=1S/H4N2O3S.HNO/c1-6(4,5)2-3;1-2/h2-3H,(H2,1,4,5);1H. The molecule has 0 aromatic carbocycles. The largest absolute Gasteiger partial charge is 0.301 e. The lowest BCUT2D eigenvalue weighted by atomic mass is 13.5. The van der Waals surface area contributed by atoms with Gasteiger partial charge in [-0.05, 0) is 0 Å². The quantitative estimate of drug-likeness (QED) is 0.262. The van der Waals surface area contributed by atoms with Crippen LogP contribution in [0.2, 0.25) is 0 Å². The molecule has 0 aromatic heterocycles. The zero-order valence-corrected chi connectivity index (χ0v) is 4.47. The lowest BCUT2D eigenvalue weighted by Gasteiger charge is -1.84. The first kappa shape index (κ1) is 10.4. The Balaban J connectivity index is 0. The fourth-order valence-corrected chi connectivity index (χ4v) is 0. The Labute approximate surface area is 45.4 Å². The molecule has 0 aromatic rings. The maximum atomic E-state index is 9.42. The zero-order valence-electron chi connectivity index (χ0n) is 3.66. The van der Waals surface area contributed by atoms with Gasteiger partial charge < -0.3 is 5.21 Å². The number of nitrogens with two attached hydrogens (primary N) is 1. The van der Waals surface area contributed by atoms with E-state index in [-0.39, 0.29) is 0 Å². The van der Waals surface area contributed by atoms with Gasteiger partial charge in [-0.3, -0.25) is 0 Å². The van der Waals surface area contributed by atoms with Crippen molar-refractivity contribution in [3.8, 4) is 0 Å². The van der Waals surface area contributed by atoms with Crippen LogP contribution >= 0.6 is 0 Å². The van der Waals surface area contributed by atoms with E-state index in [9.17, 15) is 8.42 Å². The van der Waals surface area contributed by atoms with Gasteiger partial charge in [0.05, 0.1) is 0 Å². The molecule has 0 amide bonds. The van der Waals surface area contributed by atoms with Crippen molar-refractivity contribution in [2.24, 2.45) is 5.14 Å². The third-order valence-corrected chi connectivity index (χ3v) is 0.382. The lowest BCUT2D eigenvalue weighted by Crippen LogP contribution is -2.27. The average molecular weight is 143 g/mol. The van der Waals surface area contributed by atoms with Crippen molar-refractivity contribution in [1.82, 2.24) is 4.89 Å². The number of nitrogens with one attached hydrogen (secondary N) is 2. The molecule has 5 N–H and O–H groups in total. The van der Waals surface area contributed by atoms with Crippen LogP contribution < -0.4 is 10.0 Å². The molecule has 0 unspecified atom stereocenters. The molecule has 8 heteroatoms. The first-order valence-corrected chi connectivity index (χ1v) is 2.75. The molecular formula is H5N3O4S. The minimum Gasteiger partial charge on any atom is -0.301 e. The number of hydrogen-bond donors (Lipinski definition) is 4. The van der Waals surface area contributed by atoms with Gasteiger partial charge in [-0.2, -0.15) is 13.3 Å². The summed E-state index contributed by atoms with van der Waals surface area (Å²) < 4.78 is 18.8. The van der Waals surface area contributed by atoms with Crippen LogP contribution in [0.3, 0.4) is 0 Å². The second-order valence-electron chi connectivity index (χ2n) is 0.636. The third kappa shape index (κ3) is 18.0. The van der Waals surface area contributed by atoms with Crippen molar-refractivity contribution in [2.45, 2.75) is 0 Å². The van der Waals surface area contributed by atoms with Crippen molar-refractivity contribution in [1.29, 1.82) is 5.59 Å². The summed E-state index contributed by atoms with van der Waals surface area (Å²) in [6, 6.07) is 0. The normalized spacial score (nSPS) is 9.25. The van der Waals surface area contributed by atoms with E-state index in [0.717, 1.165) is 4.89 Å². The SMILES string of the molecule is N=O.NS(=O)(=O)NO. The molecule has 0 aliphatic heterocycles. The molecule has 7 nitrogen and oxygen atoms in total. The monoisotopic (exact) mass is 143 g/mol. The van der Waals surface area contributed by atoms with Gasteiger partial charge in [0, 0.05) is 0 Å². The molecule has 0 heterocycles. The molecule has 50 valence electrons. The molecule has 0 aliphatic carbocycles. The predicted molar refractivity (Wildman–Crippen MR) is 24.1 cm³/mol. The maximum Gasteiger partial charge on any atom is 0.296 e. The summed E-state index contributed by atoms with van der Waals surface area (Å²) in [7, 11) is -3.86. The molecule has 0 saturated carbocycles. The van der Waals surface area contributed by atoms with Crippen LogP contribution in [0.4, 0.5) is 0 Å². The number of rotatable bonds is 1. The molecule has 0 bridgehead atoms. The van der Waals surface area contributed by atoms with Gasteiger partial charge in [-0.15, -0.1) is 0 Å². The van der Waals surface area contributed by atoms with Gasteiger partial charge in [-0.1, -0.05) is 10.5 Å². The van der Waals surface area contributed by atoms with E-state index in [2.05, 4.69) is 10.7 Å². The highest BCUT2D eigenvalue weighted by Gasteiger charge is 1.90. The first-order chi connectivity index (χ1) is 3.56. The van der Waals surface area contributed by atoms with Crippen LogP contribution in [-0.2, 0) is 10.2 Å². The zero-order chi connectivity index (χ0) is 7.21. The van der Waals surface area contributed by atoms with Gasteiger partial charge >= 0.3 is 0 Å². The maximum absolute atomic E-state index is 9.42. The van der Waals surface area contributed by atoms with Crippen LogP contribution in [0.25, 0.3) is 0 Å². The number of hydrogen-bond acceptors (Lipinski definition) is 5. The van der Waals surface area contributed by atoms with E-state index in [1.165, 1.54) is 0 Å². The summed E-state index contributed by atoms with van der Waals surface area (Å²) in [5.74, 6) is 0. The van der Waals surface area contributed by atoms with Gasteiger partial charge in [0.15, 0.2) is 0 Å². The average Bonchev–Trinajstić information content (AvgIpc) is 1.71. The van der Waals surface area contributed by atoms with E-state index in [4.69, 9.17) is 10.1 Å². The minimum absolute atomic E-state index is 0.854. The van der Waals surface area contributed by atoms with Crippen molar-refractivity contribution in [3.05, 3.63) is 4.91 Å². The lowest BCUT2D eigenvalue weighted by molar-refractivity contribution is 0.243. The number of nitroso groups, excluding NO2 is 1. The van der Waals surface area contributed by atoms with Crippen LogP contribution in [0.15, 0.2) is 0 Å². The van der Waals surface area contributed by atoms with E-state index >= 15 is 0 Å². The third-order valence-electron chi connectivity index (χ3n) is 0.127. The van der Waals surface area contributed by atoms with Gasteiger partial charge in [0.2, 0.25) is 0 Å². The second-order valence-corrected chi connectivity index (χ2v) is 1.91. The topological polar surface area (TPSA) is 133 Å². The molecule has 0 fully saturated rings. The highest BCUT2D eigenvalue weighted by atomic mass is 32.2. The Bertz CT molecular complexity index is 124. The van der Waals surface area contributed by atoms with Crippen LogP contribution in [-0.4, -0.2) is 13.6 Å². The predicted octanol–water partition coefficient (Wildman–Crippen LogP) is -1.50. The van der Waals surface area contributed by atoms with E-state index in [0.29, 0.717) is 0 Å². The summed E-state index contributed by atoms with van der Waals surface area (Å²) in [6.45, 7) is 0. The molecular weight excluding hydrogens is 138 g/mol. The second kappa shape index (κ2) is 4.59. The van der Waals surface area contributed by atoms with Crippen molar-refractivity contribution in [3.63, 3.8) is 0 Å². The van der Waals surface area contributed by atoms with E-state index in [1.54, 1.807) is 0 Å². The summed E-state index contributed by atoms with van der Waals surface area (Å²) in [4.78, 5) is 8.35. The van der Waals surface area contributed by atoms with Crippen molar-refractivity contribution < 1.29 is 13.6 Å². The van der Waals surface area contributed by atoms with Gasteiger partial charge in [0.25, 0.3) is 10.2 Å². The molecule has 0 radical (unpaired) electrons. The molecule has 0 atom stereocenters. The van der Waals surface area contributed by atoms with Crippen molar-refractivity contribution >= 4 is 10.2 Å². The van der Waals surface area contributed by atoms with Gasteiger partial charge in [-0.25, -0.2) is 5.14 Å². The fourth-order valence-electron chi connectivity index (χ4n) is 0. The Kier molecular flexibility index (Phi) is 5.97. The highest BCUT2D eigenvalue weighted by Crippen LogP contribution is 1.53. The minimum atomic E-state index is -3.86. The summed E-state index contributed by atoms with van der Waals surface area (Å²) in [5, 5.41) is 11.6. The smallest absolute Gasteiger partial charge is 0.296 e. The van der Waals surface area contributed by atoms with E-state index < -0.39 is 10.2 Å². The Hall–Kier alpha value is -0.570. The first-order valence-electron chi connectivity index (χ1n) is 1.20. The summed E-state index contributed by atoms with van der Waals surface area (Å²) in [6.07, 6.45) is 0. The molecule has 0 aliphatic rings. The van der Waals surface area contributed by atoms with Gasteiger partial charge in [0.1, 0.15) is 0 Å². The Morgan fingerprint density at radius 2 is 1.62 bits per heavy atom. The molecule has 8 heavy (non-hydrogen) atoms. The molecule has 0 saturated heterocycles. The Morgan fingerprint density at radius 3 is 1.62 bits per heavy atom. The molecule has 0 spiro atoms. The summed E-state index contributed by atoms with van der Waals surface area (Å²) >= 11 is 0. The van der Waals surface area contributed by atoms with Crippen LogP contribution in [0, 0.1) is 10.5 Å². The molecule has 0 rings (SSSR count). The van der Waals surface area contributed by atoms with Crippen LogP contribution in [0.5, 0.6) is 0 Å². The van der Waals surface area contributed by atoms with E-state index in [1.807, 2.05) is 0 Å². The highest BCUT2D eigenvalue weighted by molar-refractivity contribution is 7.87.